The molecule has 0 saturated heterocycles. The van der Waals surface area contributed by atoms with Crippen LogP contribution in [0.25, 0.3) is 11.5 Å². The van der Waals surface area contributed by atoms with Crippen LogP contribution in [0.5, 0.6) is 0 Å². The van der Waals surface area contributed by atoms with Gasteiger partial charge in [0.25, 0.3) is 0 Å². The molecule has 0 aliphatic carbocycles. The van der Waals surface area contributed by atoms with Crippen molar-refractivity contribution in [2.24, 2.45) is 0 Å². The standard InChI is InChI=1S/C24H21ClN2O3S/c1-16-7-9-18(10-8-16)15-26-23-24(31(28,29)20-13-11-19(25)12-14-20)27-22(30-23)21-6-4-3-5-17(21)2/h3-14,26H,15H2,1-2H3. The van der Waals surface area contributed by atoms with Gasteiger partial charge in [-0.15, -0.1) is 0 Å². The fourth-order valence-electron chi connectivity index (χ4n) is 3.14. The van der Waals surface area contributed by atoms with E-state index in [-0.39, 0.29) is 21.7 Å². The van der Waals surface area contributed by atoms with Crippen LogP contribution in [0.15, 0.2) is 87.1 Å². The van der Waals surface area contributed by atoms with Gasteiger partial charge in [-0.2, -0.15) is 4.98 Å². The van der Waals surface area contributed by atoms with Crippen LogP contribution in [-0.2, 0) is 16.4 Å². The molecule has 3 aromatic carbocycles. The minimum atomic E-state index is -3.92. The average molecular weight is 453 g/mol. The first-order valence-electron chi connectivity index (χ1n) is 9.71. The molecule has 0 aliphatic heterocycles. The molecule has 31 heavy (non-hydrogen) atoms. The molecule has 0 saturated carbocycles. The number of aryl methyl sites for hydroxylation is 2. The Kier molecular flexibility index (Phi) is 5.85. The number of sulfone groups is 1. The molecule has 1 aromatic heterocycles. The summed E-state index contributed by atoms with van der Waals surface area (Å²) in [6.07, 6.45) is 0. The topological polar surface area (TPSA) is 72.2 Å². The molecule has 7 heteroatoms. The summed E-state index contributed by atoms with van der Waals surface area (Å²) in [5, 5.41) is 3.41. The lowest BCUT2D eigenvalue weighted by Gasteiger charge is -2.07. The van der Waals surface area contributed by atoms with Gasteiger partial charge >= 0.3 is 0 Å². The predicted molar refractivity (Wildman–Crippen MR) is 122 cm³/mol. The number of anilines is 1. The van der Waals surface area contributed by atoms with Gasteiger partial charge in [-0.25, -0.2) is 8.42 Å². The summed E-state index contributed by atoms with van der Waals surface area (Å²) in [6.45, 7) is 4.33. The van der Waals surface area contributed by atoms with Crippen LogP contribution in [-0.4, -0.2) is 13.4 Å². The van der Waals surface area contributed by atoms with Gasteiger partial charge in [0, 0.05) is 17.1 Å². The van der Waals surface area contributed by atoms with Gasteiger partial charge < -0.3 is 9.73 Å². The van der Waals surface area contributed by atoms with Crippen LogP contribution < -0.4 is 5.32 Å². The molecule has 5 nitrogen and oxygen atoms in total. The fraction of sp³-hybridized carbons (Fsp3) is 0.125. The van der Waals surface area contributed by atoms with E-state index in [1.807, 2.05) is 62.4 Å². The first-order valence-corrected chi connectivity index (χ1v) is 11.6. The molecule has 0 spiro atoms. The van der Waals surface area contributed by atoms with Crippen LogP contribution in [0, 0.1) is 13.8 Å². The number of benzene rings is 3. The van der Waals surface area contributed by atoms with Crippen molar-refractivity contribution < 1.29 is 12.8 Å². The van der Waals surface area contributed by atoms with E-state index in [9.17, 15) is 8.42 Å². The summed E-state index contributed by atoms with van der Waals surface area (Å²) < 4.78 is 32.6. The molecule has 0 radical (unpaired) electrons. The molecule has 1 N–H and O–H groups in total. The molecular formula is C24H21ClN2O3S. The molecule has 0 bridgehead atoms. The Bertz CT molecular complexity index is 1310. The van der Waals surface area contributed by atoms with Crippen molar-refractivity contribution in [1.82, 2.24) is 4.98 Å². The van der Waals surface area contributed by atoms with Gasteiger partial charge in [-0.3, -0.25) is 0 Å². The van der Waals surface area contributed by atoms with Crippen molar-refractivity contribution >= 4 is 27.3 Å². The van der Waals surface area contributed by atoms with E-state index in [0.717, 1.165) is 22.3 Å². The van der Waals surface area contributed by atoms with Crippen LogP contribution in [0.1, 0.15) is 16.7 Å². The minimum Gasteiger partial charge on any atom is -0.419 e. The molecular weight excluding hydrogens is 432 g/mol. The first kappa shape index (κ1) is 21.2. The second-order valence-electron chi connectivity index (χ2n) is 7.26. The highest BCUT2D eigenvalue weighted by Crippen LogP contribution is 2.34. The van der Waals surface area contributed by atoms with E-state index in [4.69, 9.17) is 16.0 Å². The summed E-state index contributed by atoms with van der Waals surface area (Å²) in [6, 6.07) is 21.5. The Morgan fingerprint density at radius 3 is 2.29 bits per heavy atom. The average Bonchev–Trinajstić information content (AvgIpc) is 3.19. The van der Waals surface area contributed by atoms with Crippen molar-refractivity contribution in [1.29, 1.82) is 0 Å². The third-order valence-electron chi connectivity index (χ3n) is 4.92. The van der Waals surface area contributed by atoms with Crippen LogP contribution >= 0.6 is 11.6 Å². The Morgan fingerprint density at radius 1 is 0.935 bits per heavy atom. The zero-order chi connectivity index (χ0) is 22.0. The third kappa shape index (κ3) is 4.50. The van der Waals surface area contributed by atoms with Gasteiger partial charge in [-0.05, 0) is 55.3 Å². The van der Waals surface area contributed by atoms with Crippen LogP contribution in [0.2, 0.25) is 5.02 Å². The maximum atomic E-state index is 13.3. The second kappa shape index (κ2) is 8.57. The molecule has 4 rings (SSSR count). The predicted octanol–water partition coefficient (Wildman–Crippen LogP) is 6.06. The molecule has 0 amide bonds. The fourth-order valence-corrected chi connectivity index (χ4v) is 4.55. The van der Waals surface area contributed by atoms with Gasteiger partial charge in [0.15, 0.2) is 0 Å². The SMILES string of the molecule is Cc1ccc(CNc2oc(-c3ccccc3C)nc2S(=O)(=O)c2ccc(Cl)cc2)cc1. The first-order chi connectivity index (χ1) is 14.8. The lowest BCUT2D eigenvalue weighted by molar-refractivity contribution is 0.576. The lowest BCUT2D eigenvalue weighted by atomic mass is 10.1. The summed E-state index contributed by atoms with van der Waals surface area (Å²) >= 11 is 5.93. The maximum absolute atomic E-state index is 13.3. The number of oxazole rings is 1. The minimum absolute atomic E-state index is 0.0971. The lowest BCUT2D eigenvalue weighted by Crippen LogP contribution is -2.07. The monoisotopic (exact) mass is 452 g/mol. The number of hydrogen-bond acceptors (Lipinski definition) is 5. The van der Waals surface area contributed by atoms with Crippen LogP contribution in [0.3, 0.4) is 0 Å². The number of aromatic nitrogens is 1. The van der Waals surface area contributed by atoms with Crippen molar-refractivity contribution in [2.45, 2.75) is 30.3 Å². The van der Waals surface area contributed by atoms with Crippen molar-refractivity contribution in [3.63, 3.8) is 0 Å². The van der Waals surface area contributed by atoms with E-state index in [0.29, 0.717) is 11.6 Å². The summed E-state index contributed by atoms with van der Waals surface area (Å²) in [4.78, 5) is 4.49. The molecule has 0 aliphatic rings. The van der Waals surface area contributed by atoms with E-state index in [2.05, 4.69) is 10.3 Å². The van der Waals surface area contributed by atoms with Crippen LogP contribution in [0.4, 0.5) is 5.88 Å². The zero-order valence-electron chi connectivity index (χ0n) is 17.1. The number of halogens is 1. The Hall–Kier alpha value is -3.09. The Labute approximate surface area is 186 Å². The highest BCUT2D eigenvalue weighted by Gasteiger charge is 2.28. The number of nitrogens with zero attached hydrogens (tertiary/aromatic N) is 1. The van der Waals surface area contributed by atoms with Crippen molar-refractivity contribution in [3.05, 3.63) is 94.5 Å². The highest BCUT2D eigenvalue weighted by molar-refractivity contribution is 7.91. The molecule has 4 aromatic rings. The zero-order valence-corrected chi connectivity index (χ0v) is 18.7. The molecule has 158 valence electrons. The van der Waals surface area contributed by atoms with Gasteiger partial charge in [0.2, 0.25) is 26.6 Å². The molecule has 0 unspecified atom stereocenters. The summed E-state index contributed by atoms with van der Waals surface area (Å²) in [5.74, 6) is 0.353. The number of nitrogens with one attached hydrogen (secondary N) is 1. The van der Waals surface area contributed by atoms with Gasteiger partial charge in [0.1, 0.15) is 0 Å². The van der Waals surface area contributed by atoms with E-state index < -0.39 is 9.84 Å². The molecule has 0 atom stereocenters. The van der Waals surface area contributed by atoms with Gasteiger partial charge in [0.05, 0.1) is 4.90 Å². The smallest absolute Gasteiger partial charge is 0.234 e. The number of hydrogen-bond donors (Lipinski definition) is 1. The van der Waals surface area contributed by atoms with E-state index >= 15 is 0 Å². The highest BCUT2D eigenvalue weighted by atomic mass is 35.5. The second-order valence-corrected chi connectivity index (χ2v) is 9.57. The quantitative estimate of drug-likeness (QED) is 0.385. The van der Waals surface area contributed by atoms with Gasteiger partial charge in [-0.1, -0.05) is 59.6 Å². The van der Waals surface area contributed by atoms with Crippen molar-refractivity contribution in [3.8, 4) is 11.5 Å². The third-order valence-corrected chi connectivity index (χ3v) is 6.85. The van der Waals surface area contributed by atoms with E-state index in [1.165, 1.54) is 24.3 Å². The normalized spacial score (nSPS) is 11.5. The van der Waals surface area contributed by atoms with E-state index in [1.54, 1.807) is 0 Å². The number of rotatable bonds is 6. The largest absolute Gasteiger partial charge is 0.419 e. The summed E-state index contributed by atoms with van der Waals surface area (Å²) in [7, 11) is -3.92. The molecule has 0 fully saturated rings. The summed E-state index contributed by atoms with van der Waals surface area (Å²) in [5.41, 5.74) is 3.81. The Balaban J connectivity index is 1.77. The maximum Gasteiger partial charge on any atom is 0.234 e. The Morgan fingerprint density at radius 2 is 1.61 bits per heavy atom. The van der Waals surface area contributed by atoms with Crippen molar-refractivity contribution in [2.75, 3.05) is 5.32 Å². The molecule has 1 heterocycles.